The summed E-state index contributed by atoms with van der Waals surface area (Å²) in [5, 5.41) is 4.52. The second-order valence-electron chi connectivity index (χ2n) is 10.1. The number of hydrogen-bond donors (Lipinski definition) is 2. The molecule has 2 aliphatic heterocycles. The molecule has 3 aromatic heterocycles. The lowest BCUT2D eigenvalue weighted by molar-refractivity contribution is 0.0320. The molecule has 0 bridgehead atoms. The van der Waals surface area contributed by atoms with Crippen molar-refractivity contribution in [2.75, 3.05) is 84.2 Å². The first-order valence-corrected chi connectivity index (χ1v) is 14.3. The summed E-state index contributed by atoms with van der Waals surface area (Å²) in [6.45, 7) is 9.36. The van der Waals surface area contributed by atoms with E-state index in [1.807, 2.05) is 36.4 Å². The van der Waals surface area contributed by atoms with Gasteiger partial charge < -0.3 is 29.2 Å². The number of aromatic nitrogens is 4. The standard InChI is InChI=1S/C30H35N7O5/c38-29-27-22(5-6-32-29)19-26(25-20-31-21-33-30(25)42-18-12-37-9-15-40-16-10-37)35-28(27)34-23-1-3-24(4-2-23)41-17-11-36-7-13-39-14-8-36/h1-6,19-21H,7-18H2,(H,32,38)(H,34,35). The van der Waals surface area contributed by atoms with Crippen LogP contribution >= 0.6 is 0 Å². The third-order valence-electron chi connectivity index (χ3n) is 7.35. The number of fused-ring (bicyclic) bond motifs is 1. The van der Waals surface area contributed by atoms with Gasteiger partial charge in [0.15, 0.2) is 0 Å². The Balaban J connectivity index is 1.19. The van der Waals surface area contributed by atoms with Gasteiger partial charge in [0.05, 0.1) is 43.1 Å². The summed E-state index contributed by atoms with van der Waals surface area (Å²) >= 11 is 0. The number of nitrogens with one attached hydrogen (secondary N) is 2. The molecule has 4 aromatic rings. The van der Waals surface area contributed by atoms with Gasteiger partial charge in [0, 0.05) is 57.3 Å². The maximum atomic E-state index is 12.9. The second kappa shape index (κ2) is 13.7. The molecule has 6 rings (SSSR count). The van der Waals surface area contributed by atoms with Crippen molar-refractivity contribution in [1.82, 2.24) is 29.7 Å². The van der Waals surface area contributed by atoms with Crippen LogP contribution in [0.3, 0.4) is 0 Å². The normalized spacial score (nSPS) is 16.4. The first kappa shape index (κ1) is 28.0. The molecule has 0 spiro atoms. The molecule has 0 atom stereocenters. The third kappa shape index (κ3) is 7.02. The quantitative estimate of drug-likeness (QED) is 0.275. The van der Waals surface area contributed by atoms with E-state index in [-0.39, 0.29) is 5.56 Å². The molecule has 2 fully saturated rings. The van der Waals surface area contributed by atoms with Gasteiger partial charge in [-0.25, -0.2) is 15.0 Å². The summed E-state index contributed by atoms with van der Waals surface area (Å²) < 4.78 is 22.9. The van der Waals surface area contributed by atoms with Crippen LogP contribution in [0.4, 0.5) is 11.5 Å². The molecule has 0 saturated carbocycles. The van der Waals surface area contributed by atoms with Gasteiger partial charge in [0.1, 0.15) is 31.1 Å². The zero-order valence-corrected chi connectivity index (χ0v) is 23.5. The molecule has 0 aliphatic carbocycles. The van der Waals surface area contributed by atoms with Crippen LogP contribution in [0.2, 0.25) is 0 Å². The topological polar surface area (TPSA) is 127 Å². The number of rotatable bonds is 11. The number of benzene rings is 1. The molecule has 0 radical (unpaired) electrons. The number of nitrogens with zero attached hydrogens (tertiary/aromatic N) is 5. The minimum Gasteiger partial charge on any atom is -0.492 e. The lowest BCUT2D eigenvalue weighted by atomic mass is 10.1. The summed E-state index contributed by atoms with van der Waals surface area (Å²) in [4.78, 5) is 33.7. The maximum Gasteiger partial charge on any atom is 0.259 e. The van der Waals surface area contributed by atoms with Gasteiger partial charge in [-0.05, 0) is 41.8 Å². The van der Waals surface area contributed by atoms with Crippen molar-refractivity contribution in [3.05, 3.63) is 65.5 Å². The highest BCUT2D eigenvalue weighted by Gasteiger charge is 2.17. The number of ether oxygens (including phenoxy) is 4. The van der Waals surface area contributed by atoms with Crippen molar-refractivity contribution >= 4 is 22.3 Å². The summed E-state index contributed by atoms with van der Waals surface area (Å²) in [5.74, 6) is 1.64. The molecule has 5 heterocycles. The molecule has 42 heavy (non-hydrogen) atoms. The van der Waals surface area contributed by atoms with Crippen LogP contribution in [0.25, 0.3) is 22.0 Å². The first-order chi connectivity index (χ1) is 20.7. The van der Waals surface area contributed by atoms with E-state index in [1.165, 1.54) is 6.33 Å². The number of morpholine rings is 2. The molecular formula is C30H35N7O5. The number of pyridine rings is 2. The number of H-pyrrole nitrogens is 1. The van der Waals surface area contributed by atoms with E-state index in [1.54, 1.807) is 12.4 Å². The van der Waals surface area contributed by atoms with Gasteiger partial charge in [-0.2, -0.15) is 0 Å². The summed E-state index contributed by atoms with van der Waals surface area (Å²) in [6, 6.07) is 11.3. The predicted octanol–water partition coefficient (Wildman–Crippen LogP) is 2.55. The predicted molar refractivity (Wildman–Crippen MR) is 159 cm³/mol. The Labute approximate surface area is 243 Å². The van der Waals surface area contributed by atoms with E-state index < -0.39 is 0 Å². The second-order valence-corrected chi connectivity index (χ2v) is 10.1. The number of hydrogen-bond acceptors (Lipinski definition) is 11. The largest absolute Gasteiger partial charge is 0.492 e. The molecule has 0 amide bonds. The molecule has 2 saturated heterocycles. The van der Waals surface area contributed by atoms with Crippen molar-refractivity contribution in [2.45, 2.75) is 0 Å². The van der Waals surface area contributed by atoms with E-state index in [9.17, 15) is 4.79 Å². The minimum atomic E-state index is -0.233. The van der Waals surface area contributed by atoms with E-state index in [4.69, 9.17) is 23.9 Å². The van der Waals surface area contributed by atoms with Gasteiger partial charge in [0.2, 0.25) is 5.88 Å². The van der Waals surface area contributed by atoms with Gasteiger partial charge in [-0.1, -0.05) is 0 Å². The monoisotopic (exact) mass is 573 g/mol. The Morgan fingerprint density at radius 1 is 0.905 bits per heavy atom. The van der Waals surface area contributed by atoms with Crippen LogP contribution in [0, 0.1) is 0 Å². The van der Waals surface area contributed by atoms with Crippen molar-refractivity contribution in [1.29, 1.82) is 0 Å². The molecule has 12 nitrogen and oxygen atoms in total. The highest BCUT2D eigenvalue weighted by molar-refractivity contribution is 5.95. The van der Waals surface area contributed by atoms with Gasteiger partial charge in [0.25, 0.3) is 5.56 Å². The molecule has 2 N–H and O–H groups in total. The molecule has 2 aliphatic rings. The SMILES string of the molecule is O=c1[nH]ccc2cc(-c3cncnc3OCCN3CCOCC3)nc(Nc3ccc(OCCN4CCOCC4)cc3)c12. The fourth-order valence-electron chi connectivity index (χ4n) is 5.04. The minimum absolute atomic E-state index is 0.233. The van der Waals surface area contributed by atoms with Crippen LogP contribution < -0.4 is 20.3 Å². The molecule has 220 valence electrons. The van der Waals surface area contributed by atoms with Crippen LogP contribution in [0.5, 0.6) is 11.6 Å². The molecular weight excluding hydrogens is 538 g/mol. The number of anilines is 2. The van der Waals surface area contributed by atoms with Crippen LogP contribution in [-0.4, -0.2) is 109 Å². The highest BCUT2D eigenvalue weighted by Crippen LogP contribution is 2.31. The van der Waals surface area contributed by atoms with E-state index in [0.29, 0.717) is 41.6 Å². The lowest BCUT2D eigenvalue weighted by Crippen LogP contribution is -2.38. The van der Waals surface area contributed by atoms with E-state index in [2.05, 4.69) is 30.1 Å². The molecule has 1 aromatic carbocycles. The Hall–Kier alpha value is -4.10. The van der Waals surface area contributed by atoms with Crippen LogP contribution in [0.1, 0.15) is 0 Å². The fourth-order valence-corrected chi connectivity index (χ4v) is 5.04. The Bertz CT molecular complexity index is 1520. The summed E-state index contributed by atoms with van der Waals surface area (Å²) in [5.41, 5.74) is 1.79. The van der Waals surface area contributed by atoms with Crippen molar-refractivity contribution in [2.24, 2.45) is 0 Å². The van der Waals surface area contributed by atoms with Crippen LogP contribution in [0.15, 0.2) is 59.9 Å². The molecule has 12 heteroatoms. The summed E-state index contributed by atoms with van der Waals surface area (Å²) in [6.07, 6.45) is 4.77. The van der Waals surface area contributed by atoms with E-state index >= 15 is 0 Å². The van der Waals surface area contributed by atoms with Crippen molar-refractivity contribution in [3.8, 4) is 22.9 Å². The van der Waals surface area contributed by atoms with Crippen LogP contribution in [-0.2, 0) is 9.47 Å². The van der Waals surface area contributed by atoms with Gasteiger partial charge >= 0.3 is 0 Å². The molecule has 0 unspecified atom stereocenters. The average Bonchev–Trinajstić information content (AvgIpc) is 3.03. The smallest absolute Gasteiger partial charge is 0.259 e. The first-order valence-electron chi connectivity index (χ1n) is 14.3. The van der Waals surface area contributed by atoms with Crippen molar-refractivity contribution in [3.63, 3.8) is 0 Å². The Kier molecular flexibility index (Phi) is 9.15. The van der Waals surface area contributed by atoms with Gasteiger partial charge in [-0.15, -0.1) is 0 Å². The van der Waals surface area contributed by atoms with Crippen molar-refractivity contribution < 1.29 is 18.9 Å². The van der Waals surface area contributed by atoms with E-state index in [0.717, 1.165) is 82.5 Å². The summed E-state index contributed by atoms with van der Waals surface area (Å²) in [7, 11) is 0. The Morgan fingerprint density at radius 2 is 1.60 bits per heavy atom. The third-order valence-corrected chi connectivity index (χ3v) is 7.35. The lowest BCUT2D eigenvalue weighted by Gasteiger charge is -2.26. The Morgan fingerprint density at radius 3 is 2.31 bits per heavy atom. The maximum absolute atomic E-state index is 12.9. The average molecular weight is 574 g/mol. The van der Waals surface area contributed by atoms with Gasteiger partial charge in [-0.3, -0.25) is 14.6 Å². The zero-order valence-electron chi connectivity index (χ0n) is 23.5. The zero-order chi connectivity index (χ0) is 28.6. The fraction of sp³-hybridized carbons (Fsp3) is 0.400. The number of aromatic amines is 1. The highest BCUT2D eigenvalue weighted by atomic mass is 16.5.